The van der Waals surface area contributed by atoms with Crippen molar-refractivity contribution in [2.45, 2.75) is 6.36 Å². The minimum absolute atomic E-state index is 0.0204. The van der Waals surface area contributed by atoms with Crippen molar-refractivity contribution < 1.29 is 22.7 Å². The summed E-state index contributed by atoms with van der Waals surface area (Å²) in [5, 5.41) is 8.53. The topological polar surface area (TPSA) is 50.1 Å². The van der Waals surface area contributed by atoms with E-state index in [0.29, 0.717) is 6.29 Å². The molecule has 78 valence electrons. The molecule has 0 heterocycles. The van der Waals surface area contributed by atoms with Gasteiger partial charge in [-0.2, -0.15) is 5.26 Å². The SMILES string of the molecule is N#Cc1cc(OC(F)(F)F)ccc1C=O. The van der Waals surface area contributed by atoms with Crippen LogP contribution < -0.4 is 4.74 Å². The first-order valence-electron chi connectivity index (χ1n) is 3.71. The normalized spacial score (nSPS) is 10.5. The van der Waals surface area contributed by atoms with Crippen LogP contribution >= 0.6 is 0 Å². The van der Waals surface area contributed by atoms with Crippen molar-refractivity contribution in [1.29, 1.82) is 5.26 Å². The molecule has 0 amide bonds. The number of alkyl halides is 3. The van der Waals surface area contributed by atoms with Gasteiger partial charge >= 0.3 is 6.36 Å². The number of carbonyl (C=O) groups excluding carboxylic acids is 1. The Labute approximate surface area is 82.7 Å². The molecular formula is C9H4F3NO2. The van der Waals surface area contributed by atoms with Gasteiger partial charge in [0.05, 0.1) is 5.56 Å². The summed E-state index contributed by atoms with van der Waals surface area (Å²) >= 11 is 0. The van der Waals surface area contributed by atoms with Gasteiger partial charge in [-0.25, -0.2) is 0 Å². The quantitative estimate of drug-likeness (QED) is 0.711. The zero-order chi connectivity index (χ0) is 11.5. The molecule has 0 N–H and O–H groups in total. The predicted octanol–water partition coefficient (Wildman–Crippen LogP) is 2.27. The second-order valence-electron chi connectivity index (χ2n) is 2.53. The molecule has 0 unspecified atom stereocenters. The maximum absolute atomic E-state index is 11.8. The lowest BCUT2D eigenvalue weighted by molar-refractivity contribution is -0.274. The molecule has 0 aliphatic rings. The van der Waals surface area contributed by atoms with Gasteiger partial charge in [0.1, 0.15) is 11.8 Å². The van der Waals surface area contributed by atoms with Gasteiger partial charge in [-0.3, -0.25) is 4.79 Å². The molecule has 6 heteroatoms. The van der Waals surface area contributed by atoms with Gasteiger partial charge in [0, 0.05) is 5.56 Å². The van der Waals surface area contributed by atoms with E-state index in [1.54, 1.807) is 6.07 Å². The largest absolute Gasteiger partial charge is 0.573 e. The third-order valence-electron chi connectivity index (χ3n) is 1.51. The fourth-order valence-corrected chi connectivity index (χ4v) is 0.932. The van der Waals surface area contributed by atoms with Crippen molar-refractivity contribution in [3.63, 3.8) is 0 Å². The number of rotatable bonds is 2. The third-order valence-corrected chi connectivity index (χ3v) is 1.51. The molecule has 0 saturated carbocycles. The molecule has 3 nitrogen and oxygen atoms in total. The highest BCUT2D eigenvalue weighted by atomic mass is 19.4. The van der Waals surface area contributed by atoms with Gasteiger partial charge in [0.25, 0.3) is 0 Å². The van der Waals surface area contributed by atoms with Crippen LogP contribution in [0.5, 0.6) is 5.75 Å². The van der Waals surface area contributed by atoms with Gasteiger partial charge in [0.15, 0.2) is 6.29 Å². The second-order valence-corrected chi connectivity index (χ2v) is 2.53. The van der Waals surface area contributed by atoms with Crippen LogP contribution in [0.2, 0.25) is 0 Å². The fraction of sp³-hybridized carbons (Fsp3) is 0.111. The Morgan fingerprint density at radius 2 is 2.07 bits per heavy atom. The molecule has 0 radical (unpaired) electrons. The monoisotopic (exact) mass is 215 g/mol. The summed E-state index contributed by atoms with van der Waals surface area (Å²) in [5.74, 6) is -0.523. The Balaban J connectivity index is 3.05. The number of ether oxygens (including phenoxy) is 1. The van der Waals surface area contributed by atoms with Gasteiger partial charge in [-0.1, -0.05) is 0 Å². The first kappa shape index (κ1) is 11.0. The van der Waals surface area contributed by atoms with E-state index in [9.17, 15) is 18.0 Å². The van der Waals surface area contributed by atoms with Gasteiger partial charge in [0.2, 0.25) is 0 Å². The lowest BCUT2D eigenvalue weighted by atomic mass is 10.1. The number of hydrogen-bond donors (Lipinski definition) is 0. The molecule has 0 bridgehead atoms. The van der Waals surface area contributed by atoms with Crippen LogP contribution in [0.25, 0.3) is 0 Å². The molecule has 0 saturated heterocycles. The van der Waals surface area contributed by atoms with Crippen LogP contribution in [0, 0.1) is 11.3 Å². The highest BCUT2D eigenvalue weighted by Gasteiger charge is 2.31. The summed E-state index contributed by atoms with van der Waals surface area (Å²) < 4.78 is 38.9. The molecule has 15 heavy (non-hydrogen) atoms. The van der Waals surface area contributed by atoms with E-state index in [1.165, 1.54) is 0 Å². The van der Waals surface area contributed by atoms with Crippen LogP contribution in [0.3, 0.4) is 0 Å². The molecule has 0 atom stereocenters. The maximum atomic E-state index is 11.8. The van der Waals surface area contributed by atoms with Crippen LogP contribution in [-0.2, 0) is 0 Å². The van der Waals surface area contributed by atoms with Gasteiger partial charge in [-0.05, 0) is 18.2 Å². The van der Waals surface area contributed by atoms with Gasteiger partial charge < -0.3 is 4.74 Å². The minimum atomic E-state index is -4.81. The minimum Gasteiger partial charge on any atom is -0.406 e. The van der Waals surface area contributed by atoms with Gasteiger partial charge in [-0.15, -0.1) is 13.2 Å². The summed E-state index contributed by atoms with van der Waals surface area (Å²) in [6, 6.07) is 4.51. The predicted molar refractivity (Wildman–Crippen MR) is 43.2 cm³/mol. The average molecular weight is 215 g/mol. The lowest BCUT2D eigenvalue weighted by Crippen LogP contribution is -2.17. The lowest BCUT2D eigenvalue weighted by Gasteiger charge is -2.08. The van der Waals surface area contributed by atoms with E-state index in [1.807, 2.05) is 0 Å². The van der Waals surface area contributed by atoms with E-state index in [0.717, 1.165) is 18.2 Å². The highest BCUT2D eigenvalue weighted by Crippen LogP contribution is 2.24. The molecule has 0 spiro atoms. The zero-order valence-corrected chi connectivity index (χ0v) is 7.21. The summed E-state index contributed by atoms with van der Waals surface area (Å²) in [6.45, 7) is 0. The molecule has 0 aliphatic carbocycles. The molecular weight excluding hydrogens is 211 g/mol. The zero-order valence-electron chi connectivity index (χ0n) is 7.21. The van der Waals surface area contributed by atoms with E-state index in [2.05, 4.69) is 4.74 Å². The smallest absolute Gasteiger partial charge is 0.406 e. The number of carbonyl (C=O) groups is 1. The molecule has 0 aliphatic heterocycles. The van der Waals surface area contributed by atoms with Crippen LogP contribution in [0.1, 0.15) is 15.9 Å². The number of halogens is 3. The third kappa shape index (κ3) is 2.98. The van der Waals surface area contributed by atoms with Crippen LogP contribution in [0.4, 0.5) is 13.2 Å². The number of benzene rings is 1. The van der Waals surface area contributed by atoms with E-state index < -0.39 is 12.1 Å². The maximum Gasteiger partial charge on any atom is 0.573 e. The standard InChI is InChI=1S/C9H4F3NO2/c10-9(11,12)15-8-2-1-6(5-14)7(3-8)4-13/h1-3,5H. The van der Waals surface area contributed by atoms with Crippen molar-refractivity contribution in [3.8, 4) is 11.8 Å². The second kappa shape index (κ2) is 4.00. The number of nitriles is 1. The molecule has 0 fully saturated rings. The Morgan fingerprint density at radius 1 is 1.40 bits per heavy atom. The van der Waals surface area contributed by atoms with Crippen molar-refractivity contribution in [3.05, 3.63) is 29.3 Å². The van der Waals surface area contributed by atoms with Crippen molar-refractivity contribution in [1.82, 2.24) is 0 Å². The van der Waals surface area contributed by atoms with Crippen LogP contribution in [0.15, 0.2) is 18.2 Å². The Morgan fingerprint density at radius 3 is 2.53 bits per heavy atom. The Hall–Kier alpha value is -2.03. The van der Waals surface area contributed by atoms with Crippen molar-refractivity contribution in [2.24, 2.45) is 0 Å². The van der Waals surface area contributed by atoms with E-state index in [-0.39, 0.29) is 11.1 Å². The first-order chi connectivity index (χ1) is 6.96. The van der Waals surface area contributed by atoms with Crippen molar-refractivity contribution in [2.75, 3.05) is 0 Å². The van der Waals surface area contributed by atoms with Crippen LogP contribution in [-0.4, -0.2) is 12.6 Å². The molecule has 0 aromatic heterocycles. The first-order valence-corrected chi connectivity index (χ1v) is 3.71. The Bertz CT molecular complexity index is 420. The molecule has 1 aromatic carbocycles. The average Bonchev–Trinajstić information content (AvgIpc) is 2.15. The highest BCUT2D eigenvalue weighted by molar-refractivity contribution is 5.79. The molecule has 1 rings (SSSR count). The van der Waals surface area contributed by atoms with Crippen molar-refractivity contribution >= 4 is 6.29 Å². The Kier molecular flexibility index (Phi) is 2.95. The summed E-state index contributed by atoms with van der Waals surface area (Å²) in [5.41, 5.74) is -0.140. The number of nitrogens with zero attached hydrogens (tertiary/aromatic N) is 1. The summed E-state index contributed by atoms with van der Waals surface area (Å²) in [6.07, 6.45) is -4.43. The number of hydrogen-bond acceptors (Lipinski definition) is 3. The number of aldehydes is 1. The summed E-state index contributed by atoms with van der Waals surface area (Å²) in [7, 11) is 0. The molecule has 1 aromatic rings. The van der Waals surface area contributed by atoms with E-state index >= 15 is 0 Å². The van der Waals surface area contributed by atoms with E-state index in [4.69, 9.17) is 5.26 Å². The summed E-state index contributed by atoms with van der Waals surface area (Å²) in [4.78, 5) is 10.4. The fourth-order valence-electron chi connectivity index (χ4n) is 0.932.